The number of rotatable bonds is 6. The third kappa shape index (κ3) is 5.63. The van der Waals surface area contributed by atoms with E-state index in [4.69, 9.17) is 9.47 Å². The third-order valence-corrected chi connectivity index (χ3v) is 6.08. The molecular formula is C24H31F3N6O3. The van der Waals surface area contributed by atoms with E-state index in [1.54, 1.807) is 6.92 Å². The van der Waals surface area contributed by atoms with Gasteiger partial charge in [-0.15, -0.1) is 0 Å². The fourth-order valence-electron chi connectivity index (χ4n) is 4.45. The van der Waals surface area contributed by atoms with Crippen molar-refractivity contribution in [1.29, 1.82) is 0 Å². The van der Waals surface area contributed by atoms with Gasteiger partial charge in [-0.25, -0.2) is 9.97 Å². The Balaban J connectivity index is 1.39. The molecule has 196 valence electrons. The molecule has 0 aromatic carbocycles. The smallest absolute Gasteiger partial charge is 0.433 e. The fourth-order valence-corrected chi connectivity index (χ4v) is 4.45. The largest absolute Gasteiger partial charge is 0.489 e. The Kier molecular flexibility index (Phi) is 6.76. The second-order valence-corrected chi connectivity index (χ2v) is 10.2. The highest BCUT2D eigenvalue weighted by molar-refractivity contribution is 6.03. The predicted octanol–water partition coefficient (Wildman–Crippen LogP) is 4.18. The van der Waals surface area contributed by atoms with Crippen molar-refractivity contribution in [3.05, 3.63) is 29.7 Å². The first kappa shape index (κ1) is 25.9. The lowest BCUT2D eigenvalue weighted by Crippen LogP contribution is -2.54. The van der Waals surface area contributed by atoms with Gasteiger partial charge in [-0.1, -0.05) is 0 Å². The Morgan fingerprint density at radius 1 is 1.19 bits per heavy atom. The lowest BCUT2D eigenvalue weighted by molar-refractivity contribution is -0.141. The summed E-state index contributed by atoms with van der Waals surface area (Å²) >= 11 is 0. The van der Waals surface area contributed by atoms with Crippen LogP contribution in [0.2, 0.25) is 0 Å². The Morgan fingerprint density at radius 2 is 1.89 bits per heavy atom. The number of aromatic nitrogens is 3. The van der Waals surface area contributed by atoms with Crippen molar-refractivity contribution in [3.63, 3.8) is 0 Å². The minimum atomic E-state index is -4.48. The zero-order chi connectivity index (χ0) is 26.4. The van der Waals surface area contributed by atoms with Gasteiger partial charge in [0.15, 0.2) is 5.82 Å². The molecule has 0 bridgehead atoms. The molecule has 12 heteroatoms. The number of nitrogens with one attached hydrogen (secondary N) is 2. The van der Waals surface area contributed by atoms with Gasteiger partial charge >= 0.3 is 6.18 Å². The number of carbonyl (C=O) groups excluding carboxylic acids is 1. The molecule has 9 nitrogen and oxygen atoms in total. The first-order valence-corrected chi connectivity index (χ1v) is 11.8. The van der Waals surface area contributed by atoms with Crippen LogP contribution in [0.1, 0.15) is 51.9 Å². The van der Waals surface area contributed by atoms with Gasteiger partial charge in [-0.2, -0.15) is 18.2 Å². The van der Waals surface area contributed by atoms with Crippen molar-refractivity contribution in [2.75, 3.05) is 22.6 Å². The summed E-state index contributed by atoms with van der Waals surface area (Å²) in [7, 11) is 1.81. The summed E-state index contributed by atoms with van der Waals surface area (Å²) in [5.41, 5.74) is -0.162. The van der Waals surface area contributed by atoms with E-state index in [0.29, 0.717) is 41.7 Å². The lowest BCUT2D eigenvalue weighted by Gasteiger charge is -2.40. The molecule has 1 amide bonds. The van der Waals surface area contributed by atoms with Crippen LogP contribution in [-0.2, 0) is 15.7 Å². The number of carbonyl (C=O) groups is 1. The molecule has 3 heterocycles. The fraction of sp³-hybridized carbons (Fsp3) is 0.583. The minimum absolute atomic E-state index is 0.0392. The molecule has 0 spiro atoms. The van der Waals surface area contributed by atoms with E-state index in [0.717, 1.165) is 12.3 Å². The number of fused-ring (bicyclic) bond motifs is 1. The van der Waals surface area contributed by atoms with E-state index in [2.05, 4.69) is 25.6 Å². The Hall–Kier alpha value is -3.15. The quantitative estimate of drug-likeness (QED) is 0.599. The van der Waals surface area contributed by atoms with Gasteiger partial charge < -0.3 is 25.0 Å². The highest BCUT2D eigenvalue weighted by Gasteiger charge is 2.39. The number of amides is 1. The molecule has 2 N–H and O–H groups in total. The van der Waals surface area contributed by atoms with Crippen LogP contribution in [0.5, 0.6) is 5.75 Å². The summed E-state index contributed by atoms with van der Waals surface area (Å²) in [5, 5.41) is 6.21. The Bertz CT molecular complexity index is 1110. The van der Waals surface area contributed by atoms with Crippen molar-refractivity contribution in [2.24, 2.45) is 0 Å². The van der Waals surface area contributed by atoms with E-state index in [1.807, 2.05) is 39.6 Å². The number of likely N-dealkylation sites (N-methyl/N-ethyl adjacent to an activating group) is 1. The molecule has 2 aliphatic rings. The van der Waals surface area contributed by atoms with Crippen molar-refractivity contribution in [2.45, 2.75) is 83.5 Å². The number of pyridine rings is 1. The maximum Gasteiger partial charge on any atom is 0.433 e. The summed E-state index contributed by atoms with van der Waals surface area (Å²) in [6, 6.07) is 1.66. The summed E-state index contributed by atoms with van der Waals surface area (Å²) < 4.78 is 49.8. The summed E-state index contributed by atoms with van der Waals surface area (Å²) in [6.07, 6.45) is -2.66. The number of anilines is 3. The van der Waals surface area contributed by atoms with Crippen LogP contribution in [0.15, 0.2) is 18.3 Å². The standard InChI is InChI=1S/C24H31F3N6O3/c1-12-18-20(33(6)19(21(34)31-18)13(2)36-23(3,4)5)32-22(29-12)30-14-9-16(10-14)35-15-7-8-17(28-11-15)24(25,26)27/h7-8,11,13-14,16,19H,9-10H2,1-6H3,(H,31,34)(H,29,30,32)/t13-,14?,16?,19+/m1/s1. The number of halogens is 3. The number of aryl methyl sites for hydroxylation is 1. The van der Waals surface area contributed by atoms with E-state index in [-0.39, 0.29) is 24.2 Å². The summed E-state index contributed by atoms with van der Waals surface area (Å²) in [5.74, 6) is 1.15. The molecule has 0 unspecified atom stereocenters. The Labute approximate surface area is 207 Å². The molecule has 2 atom stereocenters. The maximum atomic E-state index is 12.8. The monoisotopic (exact) mass is 508 g/mol. The minimum Gasteiger partial charge on any atom is -0.489 e. The van der Waals surface area contributed by atoms with Gasteiger partial charge in [0.2, 0.25) is 11.9 Å². The zero-order valence-corrected chi connectivity index (χ0v) is 21.1. The normalized spacial score (nSPS) is 22.9. The van der Waals surface area contributed by atoms with Crippen LogP contribution >= 0.6 is 0 Å². The lowest BCUT2D eigenvalue weighted by atomic mass is 9.89. The van der Waals surface area contributed by atoms with Gasteiger partial charge in [0.05, 0.1) is 23.6 Å². The van der Waals surface area contributed by atoms with Crippen molar-refractivity contribution >= 4 is 23.4 Å². The topological polar surface area (TPSA) is 102 Å². The van der Waals surface area contributed by atoms with Crippen LogP contribution in [0.3, 0.4) is 0 Å². The molecule has 1 aliphatic heterocycles. The van der Waals surface area contributed by atoms with Gasteiger partial charge in [0.25, 0.3) is 0 Å². The third-order valence-electron chi connectivity index (χ3n) is 6.08. The maximum absolute atomic E-state index is 12.8. The van der Waals surface area contributed by atoms with Crippen molar-refractivity contribution in [1.82, 2.24) is 15.0 Å². The second-order valence-electron chi connectivity index (χ2n) is 10.2. The molecule has 36 heavy (non-hydrogen) atoms. The van der Waals surface area contributed by atoms with E-state index in [9.17, 15) is 18.0 Å². The highest BCUT2D eigenvalue weighted by atomic mass is 19.4. The van der Waals surface area contributed by atoms with Crippen molar-refractivity contribution < 1.29 is 27.4 Å². The molecule has 2 aromatic heterocycles. The Morgan fingerprint density at radius 3 is 2.47 bits per heavy atom. The average Bonchev–Trinajstić information content (AvgIpc) is 2.71. The average molecular weight is 509 g/mol. The van der Waals surface area contributed by atoms with E-state index < -0.39 is 23.5 Å². The molecule has 1 aliphatic carbocycles. The zero-order valence-electron chi connectivity index (χ0n) is 21.1. The molecule has 0 radical (unpaired) electrons. The van der Waals surface area contributed by atoms with E-state index >= 15 is 0 Å². The van der Waals surface area contributed by atoms with E-state index in [1.165, 1.54) is 6.07 Å². The predicted molar refractivity (Wildman–Crippen MR) is 128 cm³/mol. The molecule has 2 aromatic rings. The molecule has 4 rings (SSSR count). The van der Waals surface area contributed by atoms with Crippen molar-refractivity contribution in [3.8, 4) is 5.75 Å². The van der Waals surface area contributed by atoms with Crippen LogP contribution in [0.25, 0.3) is 0 Å². The number of nitrogens with zero attached hydrogens (tertiary/aromatic N) is 4. The molecule has 0 saturated heterocycles. The number of ether oxygens (including phenoxy) is 2. The second kappa shape index (κ2) is 9.38. The number of hydrogen-bond donors (Lipinski definition) is 2. The van der Waals surface area contributed by atoms with Gasteiger partial charge in [0, 0.05) is 25.9 Å². The number of hydrogen-bond acceptors (Lipinski definition) is 8. The van der Waals surface area contributed by atoms with Gasteiger partial charge in [0.1, 0.15) is 29.3 Å². The first-order chi connectivity index (χ1) is 16.7. The van der Waals surface area contributed by atoms with Crippen LogP contribution < -0.4 is 20.3 Å². The van der Waals surface area contributed by atoms with Crippen LogP contribution in [0.4, 0.5) is 30.6 Å². The molecular weight excluding hydrogens is 477 g/mol. The molecule has 1 saturated carbocycles. The molecule has 1 fully saturated rings. The van der Waals surface area contributed by atoms with Crippen LogP contribution in [0, 0.1) is 6.92 Å². The highest BCUT2D eigenvalue weighted by Crippen LogP contribution is 2.36. The first-order valence-electron chi connectivity index (χ1n) is 11.8. The van der Waals surface area contributed by atoms with Gasteiger partial charge in [-0.05, 0) is 46.8 Å². The van der Waals surface area contributed by atoms with Crippen LogP contribution in [-0.4, -0.2) is 57.8 Å². The number of alkyl halides is 3. The summed E-state index contributed by atoms with van der Waals surface area (Å²) in [4.78, 5) is 27.2. The SMILES string of the molecule is Cc1nc(NC2CC(Oc3ccc(C(F)(F)F)nc3)C2)nc2c1NC(=O)[C@H]([C@@H](C)OC(C)(C)C)N2C. The summed E-state index contributed by atoms with van der Waals surface area (Å²) in [6.45, 7) is 9.49. The van der Waals surface area contributed by atoms with Gasteiger partial charge in [-0.3, -0.25) is 4.79 Å².